The van der Waals surface area contributed by atoms with Gasteiger partial charge in [0.2, 0.25) is 0 Å². The van der Waals surface area contributed by atoms with Crippen LogP contribution in [0, 0.1) is 11.8 Å². The molecule has 2 rings (SSSR count). The summed E-state index contributed by atoms with van der Waals surface area (Å²) < 4.78 is 0. The molecule has 0 spiro atoms. The van der Waals surface area contributed by atoms with Crippen molar-refractivity contribution in [2.45, 2.75) is 39.3 Å². The average Bonchev–Trinajstić information content (AvgIpc) is 2.60. The molecule has 0 bridgehead atoms. The van der Waals surface area contributed by atoms with Crippen LogP contribution in [0.2, 0.25) is 0 Å². The molecule has 1 aliphatic carbocycles. The highest BCUT2D eigenvalue weighted by molar-refractivity contribution is 5.82. The Morgan fingerprint density at radius 1 is 1.50 bits per heavy atom. The molecule has 1 aliphatic heterocycles. The molecule has 1 saturated carbocycles. The van der Waals surface area contributed by atoms with Crippen molar-refractivity contribution < 1.29 is 4.79 Å². The lowest BCUT2D eigenvalue weighted by Gasteiger charge is -2.28. The Bertz CT molecular complexity index is 212. The van der Waals surface area contributed by atoms with Crippen molar-refractivity contribution in [2.24, 2.45) is 11.8 Å². The van der Waals surface area contributed by atoms with Crippen molar-refractivity contribution >= 4 is 5.78 Å². The Hall–Kier alpha value is -0.370. The number of rotatable bonds is 2. The SMILES string of the molecule is CC(=O)C1C2CC2CN1C(C)C. The van der Waals surface area contributed by atoms with Gasteiger partial charge in [-0.25, -0.2) is 0 Å². The fourth-order valence-corrected chi connectivity index (χ4v) is 2.56. The molecular formula is C10H17NO. The van der Waals surface area contributed by atoms with Crippen molar-refractivity contribution in [2.75, 3.05) is 6.54 Å². The van der Waals surface area contributed by atoms with Crippen molar-refractivity contribution in [3.63, 3.8) is 0 Å². The molecule has 2 fully saturated rings. The summed E-state index contributed by atoms with van der Waals surface area (Å²) in [7, 11) is 0. The highest BCUT2D eigenvalue weighted by Crippen LogP contribution is 2.50. The van der Waals surface area contributed by atoms with Crippen LogP contribution in [-0.2, 0) is 4.79 Å². The zero-order valence-electron chi connectivity index (χ0n) is 8.08. The number of piperidine rings is 1. The maximum atomic E-state index is 11.4. The van der Waals surface area contributed by atoms with Crippen molar-refractivity contribution in [3.8, 4) is 0 Å². The summed E-state index contributed by atoms with van der Waals surface area (Å²) in [5, 5.41) is 0. The van der Waals surface area contributed by atoms with Gasteiger partial charge in [-0.05, 0) is 39.0 Å². The normalized spacial score (nSPS) is 40.2. The Morgan fingerprint density at radius 3 is 2.58 bits per heavy atom. The lowest BCUT2D eigenvalue weighted by atomic mass is 10.1. The summed E-state index contributed by atoms with van der Waals surface area (Å²) in [4.78, 5) is 13.7. The molecule has 0 aromatic heterocycles. The Kier molecular flexibility index (Phi) is 1.76. The maximum absolute atomic E-state index is 11.4. The molecule has 1 saturated heterocycles. The number of nitrogens with zero attached hydrogens (tertiary/aromatic N) is 1. The first-order chi connectivity index (χ1) is 5.61. The van der Waals surface area contributed by atoms with E-state index in [-0.39, 0.29) is 6.04 Å². The second-order valence-electron chi connectivity index (χ2n) is 4.51. The second kappa shape index (κ2) is 2.56. The summed E-state index contributed by atoms with van der Waals surface area (Å²) in [5.74, 6) is 1.93. The molecule has 2 aliphatic rings. The highest BCUT2D eigenvalue weighted by atomic mass is 16.1. The number of Topliss-reactive ketones (excluding diaryl/α,β-unsaturated/α-hetero) is 1. The van der Waals surface area contributed by atoms with Crippen molar-refractivity contribution in [1.82, 2.24) is 4.90 Å². The monoisotopic (exact) mass is 167 g/mol. The van der Waals surface area contributed by atoms with Crippen LogP contribution in [0.25, 0.3) is 0 Å². The Labute approximate surface area is 73.9 Å². The van der Waals surface area contributed by atoms with E-state index in [0.29, 0.717) is 17.7 Å². The third kappa shape index (κ3) is 1.09. The van der Waals surface area contributed by atoms with E-state index in [2.05, 4.69) is 18.7 Å². The number of likely N-dealkylation sites (tertiary alicyclic amines) is 1. The molecule has 1 heterocycles. The van der Waals surface area contributed by atoms with Gasteiger partial charge in [-0.1, -0.05) is 0 Å². The number of carbonyl (C=O) groups excluding carboxylic acids is 1. The molecule has 2 heteroatoms. The molecule has 0 N–H and O–H groups in total. The Morgan fingerprint density at radius 2 is 2.17 bits per heavy atom. The van der Waals surface area contributed by atoms with Gasteiger partial charge < -0.3 is 0 Å². The first kappa shape index (κ1) is 8.24. The quantitative estimate of drug-likeness (QED) is 0.618. The lowest BCUT2D eigenvalue weighted by molar-refractivity contribution is -0.122. The van der Waals surface area contributed by atoms with E-state index in [1.165, 1.54) is 6.42 Å². The molecule has 0 aromatic rings. The Balaban J connectivity index is 2.11. The van der Waals surface area contributed by atoms with Gasteiger partial charge in [0.1, 0.15) is 5.78 Å². The predicted octanol–water partition coefficient (Wildman–Crippen LogP) is 1.30. The minimum atomic E-state index is 0.259. The van der Waals surface area contributed by atoms with Gasteiger partial charge in [0.05, 0.1) is 6.04 Å². The van der Waals surface area contributed by atoms with Crippen LogP contribution in [0.3, 0.4) is 0 Å². The topological polar surface area (TPSA) is 20.3 Å². The minimum absolute atomic E-state index is 0.259. The van der Waals surface area contributed by atoms with E-state index < -0.39 is 0 Å². The van der Waals surface area contributed by atoms with E-state index in [1.807, 2.05) is 0 Å². The van der Waals surface area contributed by atoms with E-state index in [4.69, 9.17) is 0 Å². The summed E-state index contributed by atoms with van der Waals surface area (Å²) in [6.07, 6.45) is 1.30. The molecule has 3 unspecified atom stereocenters. The van der Waals surface area contributed by atoms with Gasteiger partial charge in [-0.15, -0.1) is 0 Å². The average molecular weight is 167 g/mol. The molecule has 12 heavy (non-hydrogen) atoms. The zero-order valence-corrected chi connectivity index (χ0v) is 8.08. The molecule has 2 nitrogen and oxygen atoms in total. The number of carbonyl (C=O) groups is 1. The number of hydrogen-bond acceptors (Lipinski definition) is 2. The van der Waals surface area contributed by atoms with Crippen molar-refractivity contribution in [3.05, 3.63) is 0 Å². The van der Waals surface area contributed by atoms with E-state index in [9.17, 15) is 4.79 Å². The molecule has 0 radical (unpaired) electrons. The van der Waals surface area contributed by atoms with E-state index >= 15 is 0 Å². The van der Waals surface area contributed by atoms with E-state index in [0.717, 1.165) is 12.5 Å². The third-order valence-electron chi connectivity index (χ3n) is 3.27. The van der Waals surface area contributed by atoms with Gasteiger partial charge in [-0.2, -0.15) is 0 Å². The highest BCUT2D eigenvalue weighted by Gasteiger charge is 2.54. The molecule has 0 amide bonds. The fourth-order valence-electron chi connectivity index (χ4n) is 2.56. The number of fused-ring (bicyclic) bond motifs is 1. The second-order valence-corrected chi connectivity index (χ2v) is 4.51. The van der Waals surface area contributed by atoms with Crippen LogP contribution < -0.4 is 0 Å². The summed E-state index contributed by atoms with van der Waals surface area (Å²) in [6.45, 7) is 7.26. The predicted molar refractivity (Wildman–Crippen MR) is 47.9 cm³/mol. The standard InChI is InChI=1S/C10H17NO/c1-6(2)11-5-8-4-9(8)10(11)7(3)12/h6,8-10H,4-5H2,1-3H3. The minimum Gasteiger partial charge on any atom is -0.298 e. The van der Waals surface area contributed by atoms with Crippen LogP contribution in [-0.4, -0.2) is 29.3 Å². The number of ketones is 1. The van der Waals surface area contributed by atoms with Gasteiger partial charge >= 0.3 is 0 Å². The van der Waals surface area contributed by atoms with Gasteiger partial charge in [0.25, 0.3) is 0 Å². The van der Waals surface area contributed by atoms with Crippen LogP contribution in [0.1, 0.15) is 27.2 Å². The largest absolute Gasteiger partial charge is 0.298 e. The third-order valence-corrected chi connectivity index (χ3v) is 3.27. The van der Waals surface area contributed by atoms with Gasteiger partial charge in [0.15, 0.2) is 0 Å². The molecule has 68 valence electrons. The van der Waals surface area contributed by atoms with Crippen LogP contribution in [0.15, 0.2) is 0 Å². The van der Waals surface area contributed by atoms with Crippen LogP contribution in [0.5, 0.6) is 0 Å². The first-order valence-electron chi connectivity index (χ1n) is 4.87. The van der Waals surface area contributed by atoms with Crippen molar-refractivity contribution in [1.29, 1.82) is 0 Å². The zero-order chi connectivity index (χ0) is 8.88. The van der Waals surface area contributed by atoms with Gasteiger partial charge in [0, 0.05) is 12.6 Å². The van der Waals surface area contributed by atoms with Crippen LogP contribution in [0.4, 0.5) is 0 Å². The smallest absolute Gasteiger partial charge is 0.147 e. The molecular weight excluding hydrogens is 150 g/mol. The van der Waals surface area contributed by atoms with Crippen LogP contribution >= 0.6 is 0 Å². The lowest BCUT2D eigenvalue weighted by Crippen LogP contribution is -2.42. The summed E-state index contributed by atoms with van der Waals surface area (Å²) in [5.41, 5.74) is 0. The maximum Gasteiger partial charge on any atom is 0.147 e. The van der Waals surface area contributed by atoms with E-state index in [1.54, 1.807) is 6.92 Å². The summed E-state index contributed by atoms with van der Waals surface area (Å²) >= 11 is 0. The summed E-state index contributed by atoms with van der Waals surface area (Å²) in [6, 6.07) is 0.793. The fraction of sp³-hybridized carbons (Fsp3) is 0.900. The van der Waals surface area contributed by atoms with Gasteiger partial charge in [-0.3, -0.25) is 9.69 Å². The first-order valence-corrected chi connectivity index (χ1v) is 4.87. The number of hydrogen-bond donors (Lipinski definition) is 0. The molecule has 3 atom stereocenters. The molecule has 0 aromatic carbocycles.